The number of rotatable bonds is 6. The Labute approximate surface area is 124 Å². The first kappa shape index (κ1) is 15.4. The Balaban J connectivity index is 1.89. The first-order chi connectivity index (χ1) is 9.69. The van der Waals surface area contributed by atoms with Crippen LogP contribution < -0.4 is 5.32 Å². The van der Waals surface area contributed by atoms with Crippen LogP contribution in [0.4, 0.5) is 0 Å². The fraction of sp³-hybridized carbons (Fsp3) is 0.667. The van der Waals surface area contributed by atoms with E-state index in [0.717, 1.165) is 37.2 Å². The molecule has 0 aromatic carbocycles. The molecule has 1 saturated carbocycles. The Bertz CT molecular complexity index is 438. The molecule has 1 heterocycles. The third-order valence-corrected chi connectivity index (χ3v) is 4.62. The fourth-order valence-electron chi connectivity index (χ4n) is 2.77. The van der Waals surface area contributed by atoms with Gasteiger partial charge in [0.05, 0.1) is 12.4 Å². The number of aliphatic hydroxyl groups is 1. The lowest BCUT2D eigenvalue weighted by Gasteiger charge is -2.35. The van der Waals surface area contributed by atoms with Gasteiger partial charge in [-0.05, 0) is 31.2 Å². The summed E-state index contributed by atoms with van der Waals surface area (Å²) in [5.41, 5.74) is -0.136. The van der Waals surface area contributed by atoms with Crippen molar-refractivity contribution in [3.63, 3.8) is 0 Å². The van der Waals surface area contributed by atoms with Gasteiger partial charge in [0, 0.05) is 12.0 Å². The Morgan fingerprint density at radius 2 is 2.15 bits per heavy atom. The fourth-order valence-corrected chi connectivity index (χ4v) is 3.21. The van der Waals surface area contributed by atoms with Gasteiger partial charge in [-0.1, -0.05) is 19.3 Å². The lowest BCUT2D eigenvalue weighted by Crippen LogP contribution is -2.41. The van der Waals surface area contributed by atoms with Crippen molar-refractivity contribution >= 4 is 17.7 Å². The number of thioether (sulfide) groups is 1. The lowest BCUT2D eigenvalue weighted by atomic mass is 9.74. The van der Waals surface area contributed by atoms with E-state index in [1.165, 1.54) is 6.42 Å². The second-order valence-corrected chi connectivity index (χ2v) is 6.47. The van der Waals surface area contributed by atoms with Crippen molar-refractivity contribution in [3.05, 3.63) is 23.7 Å². The zero-order chi connectivity index (χ0) is 14.4. The minimum absolute atomic E-state index is 0.136. The normalized spacial score (nSPS) is 17.9. The molecule has 0 saturated heterocycles. The van der Waals surface area contributed by atoms with E-state index in [1.807, 2.05) is 12.3 Å². The van der Waals surface area contributed by atoms with Crippen molar-refractivity contribution in [1.29, 1.82) is 0 Å². The standard InChI is InChI=1S/C15H23NO3S/c1-20-9-12-5-6-13(19-12)14(18)16-10-15(11-17)7-3-2-4-8-15/h5-6,17H,2-4,7-11H2,1H3,(H,16,18). The molecular weight excluding hydrogens is 274 g/mol. The van der Waals surface area contributed by atoms with Crippen LogP contribution in [0, 0.1) is 5.41 Å². The average Bonchev–Trinajstić information content (AvgIpc) is 2.95. The molecule has 2 N–H and O–H groups in total. The summed E-state index contributed by atoms with van der Waals surface area (Å²) < 4.78 is 5.50. The third-order valence-electron chi connectivity index (χ3n) is 4.05. The molecule has 0 radical (unpaired) electrons. The molecule has 1 amide bonds. The maximum absolute atomic E-state index is 12.1. The predicted octanol–water partition coefficient (Wildman–Crippen LogP) is 2.82. The van der Waals surface area contributed by atoms with Gasteiger partial charge in [-0.25, -0.2) is 0 Å². The zero-order valence-corrected chi connectivity index (χ0v) is 12.8. The van der Waals surface area contributed by atoms with Gasteiger partial charge in [0.1, 0.15) is 5.76 Å². The monoisotopic (exact) mass is 297 g/mol. The Kier molecular flexibility index (Phi) is 5.54. The van der Waals surface area contributed by atoms with E-state index in [9.17, 15) is 9.90 Å². The van der Waals surface area contributed by atoms with Gasteiger partial charge in [0.2, 0.25) is 0 Å². The summed E-state index contributed by atoms with van der Waals surface area (Å²) >= 11 is 1.66. The van der Waals surface area contributed by atoms with Gasteiger partial charge in [-0.2, -0.15) is 11.8 Å². The van der Waals surface area contributed by atoms with E-state index in [2.05, 4.69) is 5.32 Å². The van der Waals surface area contributed by atoms with Crippen LogP contribution in [0.1, 0.15) is 48.4 Å². The molecule has 1 aliphatic carbocycles. The van der Waals surface area contributed by atoms with Crippen LogP contribution in [0.3, 0.4) is 0 Å². The predicted molar refractivity (Wildman–Crippen MR) is 80.9 cm³/mol. The average molecular weight is 297 g/mol. The highest BCUT2D eigenvalue weighted by atomic mass is 32.2. The van der Waals surface area contributed by atoms with Gasteiger partial charge in [-0.15, -0.1) is 0 Å². The van der Waals surface area contributed by atoms with Crippen molar-refractivity contribution in [2.75, 3.05) is 19.4 Å². The smallest absolute Gasteiger partial charge is 0.287 e. The minimum Gasteiger partial charge on any atom is -0.455 e. The summed E-state index contributed by atoms with van der Waals surface area (Å²) in [4.78, 5) is 12.1. The second kappa shape index (κ2) is 7.18. The number of furan rings is 1. The highest BCUT2D eigenvalue weighted by Crippen LogP contribution is 2.35. The van der Waals surface area contributed by atoms with E-state index in [1.54, 1.807) is 17.8 Å². The molecule has 0 spiro atoms. The zero-order valence-electron chi connectivity index (χ0n) is 12.0. The first-order valence-electron chi connectivity index (χ1n) is 7.16. The quantitative estimate of drug-likeness (QED) is 0.847. The second-order valence-electron chi connectivity index (χ2n) is 5.60. The van der Waals surface area contributed by atoms with E-state index in [4.69, 9.17) is 4.42 Å². The van der Waals surface area contributed by atoms with Crippen LogP contribution in [0.5, 0.6) is 0 Å². The van der Waals surface area contributed by atoms with Crippen LogP contribution in [-0.4, -0.2) is 30.4 Å². The largest absolute Gasteiger partial charge is 0.455 e. The van der Waals surface area contributed by atoms with Crippen LogP contribution in [0.15, 0.2) is 16.5 Å². The number of amides is 1. The Hall–Kier alpha value is -0.940. The molecule has 0 atom stereocenters. The molecular formula is C15H23NO3S. The molecule has 1 aromatic rings. The maximum Gasteiger partial charge on any atom is 0.287 e. The molecule has 5 heteroatoms. The summed E-state index contributed by atoms with van der Waals surface area (Å²) in [7, 11) is 0. The van der Waals surface area contributed by atoms with Crippen molar-refractivity contribution in [3.8, 4) is 0 Å². The van der Waals surface area contributed by atoms with Gasteiger partial charge in [0.15, 0.2) is 5.76 Å². The molecule has 0 aliphatic heterocycles. The summed E-state index contributed by atoms with van der Waals surface area (Å²) in [6.07, 6.45) is 7.46. The summed E-state index contributed by atoms with van der Waals surface area (Å²) in [6.45, 7) is 0.671. The maximum atomic E-state index is 12.1. The highest BCUT2D eigenvalue weighted by Gasteiger charge is 2.32. The Morgan fingerprint density at radius 3 is 2.80 bits per heavy atom. The SMILES string of the molecule is CSCc1ccc(C(=O)NCC2(CO)CCCCC2)o1. The highest BCUT2D eigenvalue weighted by molar-refractivity contribution is 7.97. The van der Waals surface area contributed by atoms with Gasteiger partial charge < -0.3 is 14.8 Å². The Morgan fingerprint density at radius 1 is 1.40 bits per heavy atom. The lowest BCUT2D eigenvalue weighted by molar-refractivity contribution is 0.0703. The molecule has 20 heavy (non-hydrogen) atoms. The molecule has 0 bridgehead atoms. The number of carbonyl (C=O) groups excluding carboxylic acids is 1. The number of hydrogen-bond donors (Lipinski definition) is 2. The molecule has 1 fully saturated rings. The number of carbonyl (C=O) groups is 1. The summed E-state index contributed by atoms with van der Waals surface area (Å²) in [5, 5.41) is 12.5. The molecule has 4 nitrogen and oxygen atoms in total. The van der Waals surface area contributed by atoms with Crippen molar-refractivity contribution in [1.82, 2.24) is 5.32 Å². The van der Waals surface area contributed by atoms with Crippen molar-refractivity contribution in [2.24, 2.45) is 5.41 Å². The van der Waals surface area contributed by atoms with Gasteiger partial charge >= 0.3 is 0 Å². The van der Waals surface area contributed by atoms with Crippen molar-refractivity contribution in [2.45, 2.75) is 37.9 Å². The summed E-state index contributed by atoms with van der Waals surface area (Å²) in [6, 6.07) is 3.56. The van der Waals surface area contributed by atoms with Crippen LogP contribution in [0.25, 0.3) is 0 Å². The number of aliphatic hydroxyl groups excluding tert-OH is 1. The topological polar surface area (TPSA) is 62.5 Å². The van der Waals surface area contributed by atoms with Crippen LogP contribution in [-0.2, 0) is 5.75 Å². The summed E-state index contributed by atoms with van der Waals surface area (Å²) in [5.74, 6) is 1.76. The molecule has 1 aliphatic rings. The number of hydrogen-bond acceptors (Lipinski definition) is 4. The van der Waals surface area contributed by atoms with Crippen molar-refractivity contribution < 1.29 is 14.3 Å². The molecule has 1 aromatic heterocycles. The molecule has 0 unspecified atom stereocenters. The third kappa shape index (κ3) is 3.79. The van der Waals surface area contributed by atoms with E-state index in [0.29, 0.717) is 12.3 Å². The van der Waals surface area contributed by atoms with Gasteiger partial charge in [-0.3, -0.25) is 4.79 Å². The van der Waals surface area contributed by atoms with Crippen LogP contribution in [0.2, 0.25) is 0 Å². The van der Waals surface area contributed by atoms with Crippen LogP contribution >= 0.6 is 11.8 Å². The van der Waals surface area contributed by atoms with E-state index in [-0.39, 0.29) is 17.9 Å². The van der Waals surface area contributed by atoms with Gasteiger partial charge in [0.25, 0.3) is 5.91 Å². The molecule has 112 valence electrons. The first-order valence-corrected chi connectivity index (χ1v) is 8.55. The molecule has 2 rings (SSSR count). The minimum atomic E-state index is -0.184. The van der Waals surface area contributed by atoms with E-state index >= 15 is 0 Å². The van der Waals surface area contributed by atoms with E-state index < -0.39 is 0 Å². The number of nitrogens with one attached hydrogen (secondary N) is 1.